The fourth-order valence-corrected chi connectivity index (χ4v) is 4.16. The molecular weight excluding hydrogens is 258 g/mol. The minimum atomic E-state index is -0.0565. The second-order valence-electron chi connectivity index (χ2n) is 6.84. The van der Waals surface area contributed by atoms with Crippen LogP contribution in [0.1, 0.15) is 55.7 Å². The molecular formula is C19H27NO. The number of hydrogen-bond acceptors (Lipinski definition) is 2. The molecule has 0 bridgehead atoms. The Bertz CT molecular complexity index is 509. The number of ketones is 1. The van der Waals surface area contributed by atoms with Crippen molar-refractivity contribution in [3.63, 3.8) is 0 Å². The van der Waals surface area contributed by atoms with Crippen LogP contribution in [-0.2, 0) is 24.1 Å². The van der Waals surface area contributed by atoms with Crippen molar-refractivity contribution in [2.75, 3.05) is 13.1 Å². The molecule has 0 spiro atoms. The van der Waals surface area contributed by atoms with E-state index in [1.165, 1.54) is 36.0 Å². The van der Waals surface area contributed by atoms with Crippen LogP contribution in [0.25, 0.3) is 0 Å². The van der Waals surface area contributed by atoms with E-state index in [1.807, 2.05) is 0 Å². The van der Waals surface area contributed by atoms with Crippen molar-refractivity contribution >= 4 is 5.78 Å². The maximum absolute atomic E-state index is 13.0. The zero-order valence-corrected chi connectivity index (χ0v) is 13.2. The van der Waals surface area contributed by atoms with Crippen LogP contribution in [-0.4, -0.2) is 18.9 Å². The molecule has 0 amide bonds. The van der Waals surface area contributed by atoms with Gasteiger partial charge >= 0.3 is 0 Å². The Kier molecular flexibility index (Phi) is 4.44. The van der Waals surface area contributed by atoms with Crippen LogP contribution in [0.3, 0.4) is 0 Å². The summed E-state index contributed by atoms with van der Waals surface area (Å²) in [6.45, 7) is 4.19. The van der Waals surface area contributed by atoms with Gasteiger partial charge in [-0.2, -0.15) is 0 Å². The Morgan fingerprint density at radius 3 is 2.71 bits per heavy atom. The van der Waals surface area contributed by atoms with Crippen molar-refractivity contribution in [1.82, 2.24) is 5.32 Å². The van der Waals surface area contributed by atoms with Gasteiger partial charge in [-0.1, -0.05) is 31.5 Å². The maximum Gasteiger partial charge on any atom is 0.143 e. The molecule has 1 aromatic carbocycles. The summed E-state index contributed by atoms with van der Waals surface area (Å²) in [5.74, 6) is 0.476. The van der Waals surface area contributed by atoms with Crippen LogP contribution in [0.4, 0.5) is 0 Å². The number of fused-ring (bicyclic) bond motifs is 1. The predicted octanol–water partition coefficient (Wildman–Crippen LogP) is 3.46. The summed E-state index contributed by atoms with van der Waals surface area (Å²) >= 11 is 0. The second-order valence-corrected chi connectivity index (χ2v) is 6.84. The molecule has 1 aliphatic carbocycles. The summed E-state index contributed by atoms with van der Waals surface area (Å²) in [6, 6.07) is 6.73. The number of rotatable bonds is 5. The molecule has 1 heterocycles. The van der Waals surface area contributed by atoms with E-state index < -0.39 is 0 Å². The van der Waals surface area contributed by atoms with Crippen LogP contribution in [0.15, 0.2) is 18.2 Å². The molecule has 1 aliphatic heterocycles. The summed E-state index contributed by atoms with van der Waals surface area (Å²) in [7, 11) is 0. The van der Waals surface area contributed by atoms with Crippen LogP contribution < -0.4 is 5.32 Å². The Morgan fingerprint density at radius 1 is 1.19 bits per heavy atom. The molecule has 2 aliphatic rings. The molecule has 1 N–H and O–H groups in total. The summed E-state index contributed by atoms with van der Waals surface area (Å²) in [4.78, 5) is 13.0. The lowest BCUT2D eigenvalue weighted by atomic mass is 9.70. The van der Waals surface area contributed by atoms with Crippen molar-refractivity contribution in [2.45, 2.75) is 58.3 Å². The third kappa shape index (κ3) is 3.06. The van der Waals surface area contributed by atoms with E-state index in [0.717, 1.165) is 38.8 Å². The lowest BCUT2D eigenvalue weighted by Gasteiger charge is -2.36. The van der Waals surface area contributed by atoms with Gasteiger partial charge in [-0.3, -0.25) is 4.79 Å². The average molecular weight is 285 g/mol. The molecule has 114 valence electrons. The number of carbonyl (C=O) groups excluding carboxylic acids is 1. The van der Waals surface area contributed by atoms with E-state index >= 15 is 0 Å². The second kappa shape index (κ2) is 6.31. The van der Waals surface area contributed by atoms with E-state index in [-0.39, 0.29) is 5.41 Å². The highest BCUT2D eigenvalue weighted by atomic mass is 16.1. The number of benzene rings is 1. The van der Waals surface area contributed by atoms with Crippen molar-refractivity contribution in [3.05, 3.63) is 34.9 Å². The molecule has 21 heavy (non-hydrogen) atoms. The Labute approximate surface area is 128 Å². The Morgan fingerprint density at radius 2 is 1.95 bits per heavy atom. The molecule has 0 unspecified atom stereocenters. The molecule has 0 atom stereocenters. The van der Waals surface area contributed by atoms with Crippen LogP contribution in [0, 0.1) is 5.41 Å². The zero-order valence-electron chi connectivity index (χ0n) is 13.2. The number of hydrogen-bond donors (Lipinski definition) is 1. The quantitative estimate of drug-likeness (QED) is 0.897. The third-order valence-corrected chi connectivity index (χ3v) is 5.41. The SMILES string of the molecule is CCCC1(C(=O)Cc2ccc3c(c2)CCC3)CCNCC1. The molecule has 1 aromatic rings. The summed E-state index contributed by atoms with van der Waals surface area (Å²) in [5.41, 5.74) is 4.15. The standard InChI is InChI=1S/C19H27NO/c1-2-8-19(9-11-20-12-10-19)18(21)14-15-6-7-16-4-3-5-17(16)13-15/h6-7,13,20H,2-5,8-12,14H2,1H3. The highest BCUT2D eigenvalue weighted by molar-refractivity contribution is 5.87. The lowest BCUT2D eigenvalue weighted by molar-refractivity contribution is -0.130. The molecule has 2 heteroatoms. The van der Waals surface area contributed by atoms with Gasteiger partial charge in [0.2, 0.25) is 0 Å². The molecule has 2 nitrogen and oxygen atoms in total. The first-order valence-electron chi connectivity index (χ1n) is 8.58. The Balaban J connectivity index is 1.74. The van der Waals surface area contributed by atoms with Gasteiger partial charge in [0.15, 0.2) is 0 Å². The van der Waals surface area contributed by atoms with Gasteiger partial charge < -0.3 is 5.32 Å². The van der Waals surface area contributed by atoms with Crippen LogP contribution in [0.2, 0.25) is 0 Å². The lowest BCUT2D eigenvalue weighted by Crippen LogP contribution is -2.42. The number of nitrogens with one attached hydrogen (secondary N) is 1. The zero-order chi connectivity index (χ0) is 14.7. The highest BCUT2D eigenvalue weighted by Gasteiger charge is 2.37. The third-order valence-electron chi connectivity index (χ3n) is 5.41. The molecule has 0 saturated carbocycles. The molecule has 3 rings (SSSR count). The van der Waals surface area contributed by atoms with Crippen molar-refractivity contribution in [1.29, 1.82) is 0 Å². The normalized spacial score (nSPS) is 20.2. The van der Waals surface area contributed by atoms with Crippen molar-refractivity contribution in [3.8, 4) is 0 Å². The maximum atomic E-state index is 13.0. The van der Waals surface area contributed by atoms with E-state index in [2.05, 4.69) is 30.4 Å². The van der Waals surface area contributed by atoms with Gasteiger partial charge in [-0.15, -0.1) is 0 Å². The molecule has 0 radical (unpaired) electrons. The minimum absolute atomic E-state index is 0.0565. The summed E-state index contributed by atoms with van der Waals surface area (Å²) in [6.07, 6.45) is 8.52. The van der Waals surface area contributed by atoms with Gasteiger partial charge in [0.25, 0.3) is 0 Å². The monoisotopic (exact) mass is 285 g/mol. The first kappa shape index (κ1) is 14.8. The Hall–Kier alpha value is -1.15. The van der Waals surface area contributed by atoms with Crippen LogP contribution in [0.5, 0.6) is 0 Å². The van der Waals surface area contributed by atoms with Gasteiger partial charge in [-0.25, -0.2) is 0 Å². The van der Waals surface area contributed by atoms with E-state index in [1.54, 1.807) is 0 Å². The molecule has 1 saturated heterocycles. The summed E-state index contributed by atoms with van der Waals surface area (Å²) in [5, 5.41) is 3.40. The van der Waals surface area contributed by atoms with Crippen molar-refractivity contribution in [2.24, 2.45) is 5.41 Å². The van der Waals surface area contributed by atoms with Gasteiger partial charge in [0, 0.05) is 11.8 Å². The first-order chi connectivity index (χ1) is 10.2. The van der Waals surface area contributed by atoms with Gasteiger partial charge in [0.1, 0.15) is 5.78 Å². The number of carbonyl (C=O) groups is 1. The number of Topliss-reactive ketones (excluding diaryl/α,β-unsaturated/α-hetero) is 1. The topological polar surface area (TPSA) is 29.1 Å². The number of aryl methyl sites for hydroxylation is 2. The van der Waals surface area contributed by atoms with Crippen LogP contribution >= 0.6 is 0 Å². The number of piperidine rings is 1. The largest absolute Gasteiger partial charge is 0.317 e. The summed E-state index contributed by atoms with van der Waals surface area (Å²) < 4.78 is 0. The fourth-order valence-electron chi connectivity index (χ4n) is 4.16. The highest BCUT2D eigenvalue weighted by Crippen LogP contribution is 2.36. The fraction of sp³-hybridized carbons (Fsp3) is 0.632. The van der Waals surface area contributed by atoms with E-state index in [9.17, 15) is 4.79 Å². The minimum Gasteiger partial charge on any atom is -0.317 e. The average Bonchev–Trinajstić information content (AvgIpc) is 2.96. The first-order valence-corrected chi connectivity index (χ1v) is 8.58. The van der Waals surface area contributed by atoms with Crippen molar-refractivity contribution < 1.29 is 4.79 Å². The smallest absolute Gasteiger partial charge is 0.143 e. The van der Waals surface area contributed by atoms with Gasteiger partial charge in [0.05, 0.1) is 0 Å². The van der Waals surface area contributed by atoms with E-state index in [4.69, 9.17) is 0 Å². The predicted molar refractivity (Wildman–Crippen MR) is 86.6 cm³/mol. The molecule has 0 aromatic heterocycles. The molecule has 1 fully saturated rings. The van der Waals surface area contributed by atoms with E-state index in [0.29, 0.717) is 12.2 Å². The van der Waals surface area contributed by atoms with Gasteiger partial charge in [-0.05, 0) is 68.3 Å².